The Morgan fingerprint density at radius 1 is 1.42 bits per heavy atom. The van der Waals surface area contributed by atoms with Crippen molar-refractivity contribution in [1.29, 1.82) is 0 Å². The molecule has 0 bridgehead atoms. The molecule has 4 nitrogen and oxygen atoms in total. The number of piperidine rings is 1. The Balaban J connectivity index is 1.97. The van der Waals surface area contributed by atoms with E-state index in [9.17, 15) is 4.79 Å². The summed E-state index contributed by atoms with van der Waals surface area (Å²) in [6.07, 6.45) is 5.22. The van der Waals surface area contributed by atoms with Crippen molar-refractivity contribution in [2.45, 2.75) is 32.2 Å². The van der Waals surface area contributed by atoms with E-state index >= 15 is 0 Å². The topological polar surface area (TPSA) is 62.1 Å². The van der Waals surface area contributed by atoms with Crippen LogP contribution in [0.4, 0.5) is 5.69 Å². The number of hydrogen-bond acceptors (Lipinski definition) is 2. The first-order chi connectivity index (χ1) is 9.16. The molecule has 0 radical (unpaired) electrons. The van der Waals surface area contributed by atoms with Gasteiger partial charge in [0.25, 0.3) is 5.91 Å². The minimum Gasteiger partial charge on any atom is -0.399 e. The van der Waals surface area contributed by atoms with Gasteiger partial charge in [0.2, 0.25) is 0 Å². The van der Waals surface area contributed by atoms with Gasteiger partial charge in [0, 0.05) is 35.4 Å². The normalized spacial score (nSPS) is 19.8. The molecule has 19 heavy (non-hydrogen) atoms. The van der Waals surface area contributed by atoms with Gasteiger partial charge in [-0.15, -0.1) is 0 Å². The number of benzene rings is 1. The summed E-state index contributed by atoms with van der Waals surface area (Å²) in [6.45, 7) is 2.99. The maximum atomic E-state index is 12.6. The monoisotopic (exact) mass is 257 g/mol. The molecule has 0 spiro atoms. The third-order valence-corrected chi connectivity index (χ3v) is 4.00. The summed E-state index contributed by atoms with van der Waals surface area (Å²) in [5.74, 6) is 0.128. The fourth-order valence-corrected chi connectivity index (χ4v) is 2.88. The minimum absolute atomic E-state index is 0.128. The first-order valence-electron chi connectivity index (χ1n) is 6.84. The van der Waals surface area contributed by atoms with Crippen molar-refractivity contribution in [2.24, 2.45) is 0 Å². The van der Waals surface area contributed by atoms with Crippen LogP contribution in [-0.4, -0.2) is 28.4 Å². The number of nitrogens with one attached hydrogen (secondary N) is 1. The van der Waals surface area contributed by atoms with Crippen molar-refractivity contribution in [2.75, 3.05) is 12.3 Å². The minimum atomic E-state index is 0.128. The number of nitrogens with two attached hydrogens (primary N) is 1. The zero-order chi connectivity index (χ0) is 13.4. The standard InChI is InChI=1S/C15H19N3O/c1-10-4-2-3-7-18(10)15(19)13-9-17-14-8-11(16)5-6-12(13)14/h5-6,8-10,17H,2-4,7,16H2,1H3. The number of likely N-dealkylation sites (tertiary alicyclic amines) is 1. The van der Waals surface area contributed by atoms with E-state index in [2.05, 4.69) is 11.9 Å². The number of carbonyl (C=O) groups excluding carboxylic acids is 1. The molecular weight excluding hydrogens is 238 g/mol. The Hall–Kier alpha value is -1.97. The summed E-state index contributed by atoms with van der Waals surface area (Å²) >= 11 is 0. The Morgan fingerprint density at radius 2 is 2.26 bits per heavy atom. The van der Waals surface area contributed by atoms with Gasteiger partial charge in [0.05, 0.1) is 5.56 Å². The summed E-state index contributed by atoms with van der Waals surface area (Å²) in [5.41, 5.74) is 8.14. The summed E-state index contributed by atoms with van der Waals surface area (Å²) in [7, 11) is 0. The molecule has 1 unspecified atom stereocenters. The van der Waals surface area contributed by atoms with Crippen molar-refractivity contribution in [1.82, 2.24) is 9.88 Å². The summed E-state index contributed by atoms with van der Waals surface area (Å²) in [6, 6.07) is 5.96. The first kappa shape index (κ1) is 12.1. The van der Waals surface area contributed by atoms with E-state index in [1.54, 1.807) is 6.20 Å². The highest BCUT2D eigenvalue weighted by atomic mass is 16.2. The second-order valence-corrected chi connectivity index (χ2v) is 5.35. The van der Waals surface area contributed by atoms with Crippen molar-refractivity contribution in [3.63, 3.8) is 0 Å². The summed E-state index contributed by atoms with van der Waals surface area (Å²) in [4.78, 5) is 17.8. The van der Waals surface area contributed by atoms with E-state index in [0.717, 1.165) is 35.9 Å². The smallest absolute Gasteiger partial charge is 0.256 e. The third-order valence-electron chi connectivity index (χ3n) is 4.00. The number of anilines is 1. The lowest BCUT2D eigenvalue weighted by atomic mass is 10.0. The Bertz CT molecular complexity index is 617. The van der Waals surface area contributed by atoms with E-state index in [0.29, 0.717) is 11.7 Å². The van der Waals surface area contributed by atoms with E-state index in [1.807, 2.05) is 23.1 Å². The fourth-order valence-electron chi connectivity index (χ4n) is 2.88. The van der Waals surface area contributed by atoms with Gasteiger partial charge in [-0.25, -0.2) is 0 Å². The van der Waals surface area contributed by atoms with Crippen LogP contribution in [0.3, 0.4) is 0 Å². The quantitative estimate of drug-likeness (QED) is 0.772. The molecule has 1 amide bonds. The Labute approximate surface area is 112 Å². The lowest BCUT2D eigenvalue weighted by Crippen LogP contribution is -2.41. The predicted molar refractivity (Wildman–Crippen MR) is 77.1 cm³/mol. The number of fused-ring (bicyclic) bond motifs is 1. The molecule has 0 aliphatic carbocycles. The fraction of sp³-hybridized carbons (Fsp3) is 0.400. The number of aromatic nitrogens is 1. The zero-order valence-electron chi connectivity index (χ0n) is 11.1. The van der Waals surface area contributed by atoms with Crippen LogP contribution in [0.5, 0.6) is 0 Å². The van der Waals surface area contributed by atoms with Gasteiger partial charge >= 0.3 is 0 Å². The number of nitrogen functional groups attached to an aromatic ring is 1. The number of hydrogen-bond donors (Lipinski definition) is 2. The number of aromatic amines is 1. The molecule has 1 aromatic carbocycles. The SMILES string of the molecule is CC1CCCCN1C(=O)c1c[nH]c2cc(N)ccc12. The Morgan fingerprint density at radius 3 is 3.05 bits per heavy atom. The van der Waals surface area contributed by atoms with Crippen LogP contribution >= 0.6 is 0 Å². The molecule has 1 aliphatic heterocycles. The third kappa shape index (κ3) is 2.07. The molecule has 0 saturated carbocycles. The molecule has 1 saturated heterocycles. The van der Waals surface area contributed by atoms with Crippen molar-refractivity contribution in [3.05, 3.63) is 30.0 Å². The number of carbonyl (C=O) groups is 1. The Kier molecular flexibility index (Phi) is 2.93. The second kappa shape index (κ2) is 4.61. The number of rotatable bonds is 1. The molecule has 4 heteroatoms. The molecule has 2 aromatic rings. The van der Waals surface area contributed by atoms with Crippen LogP contribution in [0, 0.1) is 0 Å². The van der Waals surface area contributed by atoms with Gasteiger partial charge in [0.1, 0.15) is 0 Å². The van der Waals surface area contributed by atoms with Gasteiger partial charge in [-0.05, 0) is 44.4 Å². The number of nitrogens with zero attached hydrogens (tertiary/aromatic N) is 1. The summed E-state index contributed by atoms with van der Waals surface area (Å²) < 4.78 is 0. The van der Waals surface area contributed by atoms with Gasteiger partial charge in [-0.3, -0.25) is 4.79 Å². The highest BCUT2D eigenvalue weighted by Crippen LogP contribution is 2.25. The molecule has 2 heterocycles. The van der Waals surface area contributed by atoms with Crippen LogP contribution in [0.25, 0.3) is 10.9 Å². The maximum absolute atomic E-state index is 12.6. The predicted octanol–water partition coefficient (Wildman–Crippen LogP) is 2.76. The van der Waals surface area contributed by atoms with Crippen LogP contribution in [0.2, 0.25) is 0 Å². The maximum Gasteiger partial charge on any atom is 0.256 e. The molecule has 3 rings (SSSR count). The molecule has 1 aromatic heterocycles. The van der Waals surface area contributed by atoms with Gasteiger partial charge in [-0.2, -0.15) is 0 Å². The zero-order valence-corrected chi connectivity index (χ0v) is 11.1. The van der Waals surface area contributed by atoms with E-state index in [1.165, 1.54) is 6.42 Å². The second-order valence-electron chi connectivity index (χ2n) is 5.35. The summed E-state index contributed by atoms with van der Waals surface area (Å²) in [5, 5.41) is 0.956. The number of H-pyrrole nitrogens is 1. The van der Waals surface area contributed by atoms with E-state index < -0.39 is 0 Å². The molecule has 1 aliphatic rings. The van der Waals surface area contributed by atoms with Crippen molar-refractivity contribution in [3.8, 4) is 0 Å². The van der Waals surface area contributed by atoms with Crippen molar-refractivity contribution >= 4 is 22.5 Å². The van der Waals surface area contributed by atoms with Gasteiger partial charge in [-0.1, -0.05) is 0 Å². The van der Waals surface area contributed by atoms with Crippen LogP contribution in [0.15, 0.2) is 24.4 Å². The lowest BCUT2D eigenvalue weighted by molar-refractivity contribution is 0.0637. The largest absolute Gasteiger partial charge is 0.399 e. The average Bonchev–Trinajstić information content (AvgIpc) is 2.81. The molecule has 3 N–H and O–H groups in total. The number of amides is 1. The molecule has 100 valence electrons. The highest BCUT2D eigenvalue weighted by molar-refractivity contribution is 6.07. The van der Waals surface area contributed by atoms with Gasteiger partial charge < -0.3 is 15.6 Å². The van der Waals surface area contributed by atoms with Crippen LogP contribution in [0.1, 0.15) is 36.5 Å². The lowest BCUT2D eigenvalue weighted by Gasteiger charge is -2.33. The molecule has 1 atom stereocenters. The molecule has 1 fully saturated rings. The average molecular weight is 257 g/mol. The molecular formula is C15H19N3O. The van der Waals surface area contributed by atoms with Crippen molar-refractivity contribution < 1.29 is 4.79 Å². The van der Waals surface area contributed by atoms with E-state index in [-0.39, 0.29) is 5.91 Å². The van der Waals surface area contributed by atoms with E-state index in [4.69, 9.17) is 5.73 Å². The van der Waals surface area contributed by atoms with Crippen LogP contribution < -0.4 is 5.73 Å². The highest BCUT2D eigenvalue weighted by Gasteiger charge is 2.25. The van der Waals surface area contributed by atoms with Gasteiger partial charge in [0.15, 0.2) is 0 Å². The first-order valence-corrected chi connectivity index (χ1v) is 6.84. The van der Waals surface area contributed by atoms with Crippen LogP contribution in [-0.2, 0) is 0 Å².